The second-order valence-corrected chi connectivity index (χ2v) is 2.66. The number of carboxylic acids is 1. The molecule has 0 saturated carbocycles. The molecule has 5 nitrogen and oxygen atoms in total. The van der Waals surface area contributed by atoms with Gasteiger partial charge in [-0.05, 0) is 0 Å². The molecule has 0 aromatic carbocycles. The summed E-state index contributed by atoms with van der Waals surface area (Å²) in [6, 6.07) is 0. The molecule has 0 aromatic rings. The number of carbonyl (C=O) groups is 2. The van der Waals surface area contributed by atoms with E-state index in [0.29, 0.717) is 13.2 Å². The van der Waals surface area contributed by atoms with Crippen LogP contribution in [0.2, 0.25) is 0 Å². The summed E-state index contributed by atoms with van der Waals surface area (Å²) in [6.07, 6.45) is -0.288. The summed E-state index contributed by atoms with van der Waals surface area (Å²) in [5.41, 5.74) is 0.161. The highest BCUT2D eigenvalue weighted by atomic mass is 16.5. The monoisotopic (exact) mass is 171 g/mol. The molecule has 0 aromatic heterocycles. The largest absolute Gasteiger partial charge is 0.475 e. The van der Waals surface area contributed by atoms with Crippen LogP contribution >= 0.6 is 0 Å². The highest BCUT2D eigenvalue weighted by molar-refractivity contribution is 6.36. The van der Waals surface area contributed by atoms with Gasteiger partial charge in [-0.1, -0.05) is 0 Å². The van der Waals surface area contributed by atoms with Gasteiger partial charge in [-0.15, -0.1) is 0 Å². The normalized spacial score (nSPS) is 16.7. The zero-order valence-corrected chi connectivity index (χ0v) is 6.37. The molecule has 2 N–H and O–H groups in total. The van der Waals surface area contributed by atoms with Crippen molar-refractivity contribution in [3.05, 3.63) is 0 Å². The third-order valence-electron chi connectivity index (χ3n) is 1.72. The number of carboxylic acid groups (broad SMARTS) is 1. The fourth-order valence-corrected chi connectivity index (χ4v) is 0.830. The Morgan fingerprint density at radius 2 is 2.08 bits per heavy atom. The van der Waals surface area contributed by atoms with Crippen molar-refractivity contribution in [1.29, 1.82) is 5.41 Å². The molecule has 1 saturated heterocycles. The molecule has 1 heterocycles. The van der Waals surface area contributed by atoms with E-state index in [0.717, 1.165) is 0 Å². The summed E-state index contributed by atoms with van der Waals surface area (Å²) < 4.78 is 4.80. The van der Waals surface area contributed by atoms with Crippen molar-refractivity contribution in [2.75, 3.05) is 13.2 Å². The quantitative estimate of drug-likeness (QED) is 0.449. The first-order valence-corrected chi connectivity index (χ1v) is 3.52. The minimum absolute atomic E-state index is 0.0479. The minimum atomic E-state index is -1.47. The SMILES string of the molecule is N=C(CC(=O)C(=O)O)C1COC1. The van der Waals surface area contributed by atoms with E-state index in [1.165, 1.54) is 0 Å². The van der Waals surface area contributed by atoms with Crippen LogP contribution in [0.1, 0.15) is 6.42 Å². The van der Waals surface area contributed by atoms with Crippen LogP contribution in [0.25, 0.3) is 0 Å². The summed E-state index contributed by atoms with van der Waals surface area (Å²) in [5.74, 6) is -2.44. The first kappa shape index (κ1) is 8.86. The van der Waals surface area contributed by atoms with Crippen LogP contribution in [0.3, 0.4) is 0 Å². The van der Waals surface area contributed by atoms with Crippen LogP contribution in [-0.4, -0.2) is 35.8 Å². The molecule has 66 valence electrons. The zero-order chi connectivity index (χ0) is 9.14. The van der Waals surface area contributed by atoms with Crippen LogP contribution in [0, 0.1) is 11.3 Å². The second-order valence-electron chi connectivity index (χ2n) is 2.66. The van der Waals surface area contributed by atoms with E-state index in [4.69, 9.17) is 15.3 Å². The maximum absolute atomic E-state index is 10.6. The highest BCUT2D eigenvalue weighted by Gasteiger charge is 2.26. The number of Topliss-reactive ketones (excluding diaryl/α,β-unsaturated/α-hetero) is 1. The highest BCUT2D eigenvalue weighted by Crippen LogP contribution is 2.13. The summed E-state index contributed by atoms with van der Waals surface area (Å²) in [5, 5.41) is 15.5. The average molecular weight is 171 g/mol. The van der Waals surface area contributed by atoms with Crippen molar-refractivity contribution in [1.82, 2.24) is 0 Å². The Morgan fingerprint density at radius 3 is 2.42 bits per heavy atom. The van der Waals surface area contributed by atoms with E-state index in [-0.39, 0.29) is 18.1 Å². The smallest absolute Gasteiger partial charge is 0.372 e. The lowest BCUT2D eigenvalue weighted by molar-refractivity contribution is -0.148. The molecule has 0 atom stereocenters. The topological polar surface area (TPSA) is 87.5 Å². The maximum atomic E-state index is 10.6. The Balaban J connectivity index is 2.35. The van der Waals surface area contributed by atoms with Crippen molar-refractivity contribution in [2.45, 2.75) is 6.42 Å². The van der Waals surface area contributed by atoms with Gasteiger partial charge in [-0.2, -0.15) is 0 Å². The molecule has 0 aliphatic carbocycles. The van der Waals surface area contributed by atoms with Gasteiger partial charge in [0.05, 0.1) is 19.6 Å². The van der Waals surface area contributed by atoms with E-state index in [1.807, 2.05) is 0 Å². The molecule has 0 unspecified atom stereocenters. The summed E-state index contributed by atoms with van der Waals surface area (Å²) >= 11 is 0. The van der Waals surface area contributed by atoms with Crippen molar-refractivity contribution in [2.24, 2.45) is 5.92 Å². The number of nitrogens with one attached hydrogen (secondary N) is 1. The molecular formula is C7H9NO4. The Hall–Kier alpha value is -1.23. The number of hydrogen-bond acceptors (Lipinski definition) is 4. The molecule has 5 heteroatoms. The van der Waals surface area contributed by atoms with Gasteiger partial charge in [0.25, 0.3) is 0 Å². The van der Waals surface area contributed by atoms with Crippen LogP contribution in [0.15, 0.2) is 0 Å². The molecule has 0 bridgehead atoms. The number of ether oxygens (including phenoxy) is 1. The number of rotatable bonds is 4. The van der Waals surface area contributed by atoms with Gasteiger partial charge in [0.2, 0.25) is 5.78 Å². The summed E-state index contributed by atoms with van der Waals surface area (Å²) in [7, 11) is 0. The van der Waals surface area contributed by atoms with Crippen LogP contribution in [-0.2, 0) is 14.3 Å². The maximum Gasteiger partial charge on any atom is 0.372 e. The van der Waals surface area contributed by atoms with Gasteiger partial charge in [-0.25, -0.2) is 4.79 Å². The summed E-state index contributed by atoms with van der Waals surface area (Å²) in [4.78, 5) is 20.7. The van der Waals surface area contributed by atoms with E-state index in [1.54, 1.807) is 0 Å². The third kappa shape index (κ3) is 1.88. The molecule has 1 rings (SSSR count). The molecule has 1 aliphatic heterocycles. The number of carbonyl (C=O) groups excluding carboxylic acids is 1. The molecule has 1 fully saturated rings. The third-order valence-corrected chi connectivity index (χ3v) is 1.72. The van der Waals surface area contributed by atoms with Crippen LogP contribution in [0.5, 0.6) is 0 Å². The zero-order valence-electron chi connectivity index (χ0n) is 6.37. The Morgan fingerprint density at radius 1 is 1.50 bits per heavy atom. The Kier molecular flexibility index (Phi) is 2.54. The van der Waals surface area contributed by atoms with E-state index < -0.39 is 11.8 Å². The molecule has 12 heavy (non-hydrogen) atoms. The fraction of sp³-hybridized carbons (Fsp3) is 0.571. The lowest BCUT2D eigenvalue weighted by Gasteiger charge is -2.25. The molecule has 0 spiro atoms. The van der Waals surface area contributed by atoms with Gasteiger partial charge < -0.3 is 15.3 Å². The molecular weight excluding hydrogens is 162 g/mol. The van der Waals surface area contributed by atoms with Gasteiger partial charge >= 0.3 is 5.97 Å². The van der Waals surface area contributed by atoms with Crippen molar-refractivity contribution in [3.8, 4) is 0 Å². The van der Waals surface area contributed by atoms with Gasteiger partial charge in [-0.3, -0.25) is 4.79 Å². The predicted octanol–water partition coefficient (Wildman–Crippen LogP) is -0.304. The lowest BCUT2D eigenvalue weighted by atomic mass is 9.97. The number of hydrogen-bond donors (Lipinski definition) is 2. The van der Waals surface area contributed by atoms with Gasteiger partial charge in [0.1, 0.15) is 0 Å². The van der Waals surface area contributed by atoms with Crippen LogP contribution in [0.4, 0.5) is 0 Å². The van der Waals surface area contributed by atoms with Crippen molar-refractivity contribution in [3.63, 3.8) is 0 Å². The standard InChI is InChI=1S/C7H9NO4/c8-5(4-2-12-3-4)1-6(9)7(10)11/h4,8H,1-3H2,(H,10,11). The van der Waals surface area contributed by atoms with Gasteiger partial charge in [0, 0.05) is 11.6 Å². The van der Waals surface area contributed by atoms with E-state index in [9.17, 15) is 9.59 Å². The fourth-order valence-electron chi connectivity index (χ4n) is 0.830. The molecule has 0 radical (unpaired) electrons. The minimum Gasteiger partial charge on any atom is -0.475 e. The molecule has 1 aliphatic rings. The van der Waals surface area contributed by atoms with Crippen molar-refractivity contribution < 1.29 is 19.4 Å². The van der Waals surface area contributed by atoms with E-state index in [2.05, 4.69) is 0 Å². The molecule has 0 amide bonds. The summed E-state index contributed by atoms with van der Waals surface area (Å²) in [6.45, 7) is 0.872. The number of ketones is 1. The first-order chi connectivity index (χ1) is 5.61. The second kappa shape index (κ2) is 3.44. The van der Waals surface area contributed by atoms with Crippen molar-refractivity contribution >= 4 is 17.5 Å². The lowest BCUT2D eigenvalue weighted by Crippen LogP contribution is -2.36. The number of aliphatic carboxylic acids is 1. The Labute approximate surface area is 68.8 Å². The predicted molar refractivity (Wildman–Crippen MR) is 39.3 cm³/mol. The van der Waals surface area contributed by atoms with E-state index >= 15 is 0 Å². The first-order valence-electron chi connectivity index (χ1n) is 3.52. The average Bonchev–Trinajstić information content (AvgIpc) is 1.82. The Bertz CT molecular complexity index is 232. The van der Waals surface area contributed by atoms with Gasteiger partial charge in [0.15, 0.2) is 0 Å². The van der Waals surface area contributed by atoms with Crippen LogP contribution < -0.4 is 0 Å².